The van der Waals surface area contributed by atoms with E-state index in [9.17, 15) is 4.79 Å². The van der Waals surface area contributed by atoms with Gasteiger partial charge < -0.3 is 9.73 Å². The zero-order chi connectivity index (χ0) is 14.7. The van der Waals surface area contributed by atoms with Crippen LogP contribution >= 0.6 is 0 Å². The molecule has 0 unspecified atom stereocenters. The van der Waals surface area contributed by atoms with Crippen LogP contribution in [0.2, 0.25) is 0 Å². The average molecular weight is 280 g/mol. The van der Waals surface area contributed by atoms with Crippen LogP contribution in [0.1, 0.15) is 16.2 Å². The number of nitrogens with zero attached hydrogens (tertiary/aromatic N) is 3. The minimum absolute atomic E-state index is 0.198. The van der Waals surface area contributed by atoms with Crippen molar-refractivity contribution in [3.05, 3.63) is 60.2 Å². The molecule has 21 heavy (non-hydrogen) atoms. The van der Waals surface area contributed by atoms with Gasteiger partial charge in [-0.15, -0.1) is 10.2 Å². The second-order valence-corrected chi connectivity index (χ2v) is 4.40. The Morgan fingerprint density at radius 2 is 1.95 bits per heavy atom. The maximum Gasteiger partial charge on any atom is 0.255 e. The van der Waals surface area contributed by atoms with Gasteiger partial charge in [0.05, 0.1) is 0 Å². The van der Waals surface area contributed by atoms with E-state index < -0.39 is 0 Å². The molecule has 104 valence electrons. The highest BCUT2D eigenvalue weighted by Crippen LogP contribution is 2.21. The Hall–Kier alpha value is -3.02. The van der Waals surface area contributed by atoms with Gasteiger partial charge in [-0.05, 0) is 30.3 Å². The molecule has 2 heterocycles. The maximum atomic E-state index is 12.1. The first-order valence-corrected chi connectivity index (χ1v) is 6.34. The molecule has 0 saturated heterocycles. The summed E-state index contributed by atoms with van der Waals surface area (Å²) < 4.78 is 5.37. The van der Waals surface area contributed by atoms with Crippen LogP contribution in [0, 0.1) is 6.92 Å². The number of aromatic nitrogens is 3. The predicted octanol–water partition coefficient (Wildman–Crippen LogP) is 2.69. The smallest absolute Gasteiger partial charge is 0.255 e. The largest absolute Gasteiger partial charge is 0.421 e. The zero-order valence-corrected chi connectivity index (χ0v) is 11.3. The molecular weight excluding hydrogens is 268 g/mol. The molecule has 0 bridgehead atoms. The molecule has 3 rings (SSSR count). The van der Waals surface area contributed by atoms with E-state index in [1.54, 1.807) is 43.6 Å². The zero-order valence-electron chi connectivity index (χ0n) is 11.3. The number of hydrogen-bond acceptors (Lipinski definition) is 5. The third-order valence-electron chi connectivity index (χ3n) is 2.84. The van der Waals surface area contributed by atoms with E-state index in [2.05, 4.69) is 20.5 Å². The van der Waals surface area contributed by atoms with Crippen molar-refractivity contribution in [2.45, 2.75) is 6.92 Å². The van der Waals surface area contributed by atoms with Gasteiger partial charge in [-0.2, -0.15) is 0 Å². The van der Waals surface area contributed by atoms with Crippen molar-refractivity contribution in [1.82, 2.24) is 15.2 Å². The number of benzene rings is 1. The molecule has 0 aliphatic carbocycles. The maximum absolute atomic E-state index is 12.1. The summed E-state index contributed by atoms with van der Waals surface area (Å²) in [5.74, 6) is 0.722. The molecule has 0 saturated carbocycles. The quantitative estimate of drug-likeness (QED) is 0.797. The number of amides is 1. The summed E-state index contributed by atoms with van der Waals surface area (Å²) in [5, 5.41) is 10.6. The molecule has 1 aromatic carbocycles. The van der Waals surface area contributed by atoms with Gasteiger partial charge in [0.15, 0.2) is 0 Å². The van der Waals surface area contributed by atoms with E-state index >= 15 is 0 Å². The lowest BCUT2D eigenvalue weighted by Gasteiger charge is -2.05. The number of anilines is 1. The van der Waals surface area contributed by atoms with Crippen molar-refractivity contribution < 1.29 is 9.21 Å². The summed E-state index contributed by atoms with van der Waals surface area (Å²) in [6, 6.07) is 10.5. The summed E-state index contributed by atoms with van der Waals surface area (Å²) in [6.45, 7) is 1.73. The summed E-state index contributed by atoms with van der Waals surface area (Å²) in [5.41, 5.74) is 1.96. The Balaban J connectivity index is 1.82. The Labute approximate surface area is 120 Å². The highest BCUT2D eigenvalue weighted by atomic mass is 16.4. The van der Waals surface area contributed by atoms with Crippen molar-refractivity contribution >= 4 is 11.6 Å². The van der Waals surface area contributed by atoms with Crippen LogP contribution in [0.25, 0.3) is 11.5 Å². The van der Waals surface area contributed by atoms with Crippen LogP contribution < -0.4 is 5.32 Å². The number of carbonyl (C=O) groups excluding carboxylic acids is 1. The fraction of sp³-hybridized carbons (Fsp3) is 0.0667. The van der Waals surface area contributed by atoms with Crippen molar-refractivity contribution in [3.8, 4) is 11.5 Å². The lowest BCUT2D eigenvalue weighted by Crippen LogP contribution is -2.11. The second kappa shape index (κ2) is 5.54. The fourth-order valence-electron chi connectivity index (χ4n) is 1.85. The summed E-state index contributed by atoms with van der Waals surface area (Å²) >= 11 is 0. The van der Waals surface area contributed by atoms with Gasteiger partial charge in [0, 0.05) is 36.1 Å². The highest BCUT2D eigenvalue weighted by Gasteiger charge is 2.09. The molecule has 1 amide bonds. The van der Waals surface area contributed by atoms with Gasteiger partial charge in [0.25, 0.3) is 5.91 Å². The summed E-state index contributed by atoms with van der Waals surface area (Å²) in [6.07, 6.45) is 3.15. The molecule has 6 heteroatoms. The Bertz CT molecular complexity index is 768. The highest BCUT2D eigenvalue weighted by molar-refractivity contribution is 6.04. The van der Waals surface area contributed by atoms with E-state index in [1.165, 1.54) is 0 Å². The molecular formula is C15H12N4O2. The van der Waals surface area contributed by atoms with Crippen LogP contribution in [-0.4, -0.2) is 21.1 Å². The van der Waals surface area contributed by atoms with E-state index in [4.69, 9.17) is 4.42 Å². The Morgan fingerprint density at radius 1 is 1.14 bits per heavy atom. The minimum atomic E-state index is -0.198. The van der Waals surface area contributed by atoms with Crippen LogP contribution in [0.3, 0.4) is 0 Å². The molecule has 3 aromatic rings. The van der Waals surface area contributed by atoms with E-state index in [1.807, 2.05) is 12.1 Å². The Kier molecular flexibility index (Phi) is 3.42. The number of nitrogens with one attached hydrogen (secondary N) is 1. The third-order valence-corrected chi connectivity index (χ3v) is 2.84. The topological polar surface area (TPSA) is 80.9 Å². The number of aryl methyl sites for hydroxylation is 1. The molecule has 0 radical (unpaired) electrons. The van der Waals surface area contributed by atoms with Gasteiger partial charge >= 0.3 is 0 Å². The van der Waals surface area contributed by atoms with E-state index in [0.717, 1.165) is 5.56 Å². The summed E-state index contributed by atoms with van der Waals surface area (Å²) in [4.78, 5) is 16.0. The molecule has 2 aromatic heterocycles. The van der Waals surface area contributed by atoms with Crippen molar-refractivity contribution in [2.24, 2.45) is 0 Å². The molecule has 0 atom stereocenters. The van der Waals surface area contributed by atoms with E-state index in [-0.39, 0.29) is 5.91 Å². The normalized spacial score (nSPS) is 10.3. The van der Waals surface area contributed by atoms with Crippen LogP contribution in [0.4, 0.5) is 5.69 Å². The van der Waals surface area contributed by atoms with Crippen molar-refractivity contribution in [3.63, 3.8) is 0 Å². The monoisotopic (exact) mass is 280 g/mol. The van der Waals surface area contributed by atoms with Crippen LogP contribution in [0.5, 0.6) is 0 Å². The predicted molar refractivity (Wildman–Crippen MR) is 76.7 cm³/mol. The first-order chi connectivity index (χ1) is 10.2. The first kappa shape index (κ1) is 13.0. The van der Waals surface area contributed by atoms with Crippen molar-refractivity contribution in [2.75, 3.05) is 5.32 Å². The second-order valence-electron chi connectivity index (χ2n) is 4.40. The van der Waals surface area contributed by atoms with Crippen molar-refractivity contribution in [1.29, 1.82) is 0 Å². The lowest BCUT2D eigenvalue weighted by molar-refractivity contribution is 0.102. The SMILES string of the molecule is Cc1nnc(-c2cccc(NC(=O)c3ccncc3)c2)o1. The van der Waals surface area contributed by atoms with Crippen LogP contribution in [-0.2, 0) is 0 Å². The molecule has 0 aliphatic heterocycles. The third kappa shape index (κ3) is 2.94. The average Bonchev–Trinajstić information content (AvgIpc) is 2.95. The Morgan fingerprint density at radius 3 is 2.67 bits per heavy atom. The van der Waals surface area contributed by atoms with Gasteiger partial charge in [-0.25, -0.2) is 0 Å². The number of hydrogen-bond donors (Lipinski definition) is 1. The van der Waals surface area contributed by atoms with Gasteiger partial charge in [0.1, 0.15) is 0 Å². The minimum Gasteiger partial charge on any atom is -0.421 e. The van der Waals surface area contributed by atoms with Crippen LogP contribution in [0.15, 0.2) is 53.2 Å². The number of pyridine rings is 1. The molecule has 6 nitrogen and oxygen atoms in total. The molecule has 0 fully saturated rings. The summed E-state index contributed by atoms with van der Waals surface area (Å²) in [7, 11) is 0. The van der Waals surface area contributed by atoms with Gasteiger partial charge in [-0.3, -0.25) is 9.78 Å². The first-order valence-electron chi connectivity index (χ1n) is 6.34. The van der Waals surface area contributed by atoms with E-state index in [0.29, 0.717) is 23.0 Å². The standard InChI is InChI=1S/C15H12N4O2/c1-10-18-19-15(21-10)12-3-2-4-13(9-12)17-14(20)11-5-7-16-8-6-11/h2-9H,1H3,(H,17,20). The van der Waals surface area contributed by atoms with Gasteiger partial charge in [-0.1, -0.05) is 6.07 Å². The molecule has 0 spiro atoms. The number of carbonyl (C=O) groups is 1. The van der Waals surface area contributed by atoms with Gasteiger partial charge in [0.2, 0.25) is 11.8 Å². The lowest BCUT2D eigenvalue weighted by atomic mass is 10.2. The molecule has 1 N–H and O–H groups in total. The molecule has 0 aliphatic rings. The fourth-order valence-corrected chi connectivity index (χ4v) is 1.85. The number of rotatable bonds is 3.